The molecular formula is C21H22N4O3S. The van der Waals surface area contributed by atoms with Gasteiger partial charge in [-0.05, 0) is 18.1 Å². The fourth-order valence-electron chi connectivity index (χ4n) is 2.82. The molecule has 0 aliphatic heterocycles. The molecule has 7 nitrogen and oxygen atoms in total. The van der Waals surface area contributed by atoms with Gasteiger partial charge in [0, 0.05) is 17.7 Å². The molecule has 0 radical (unpaired) electrons. The highest BCUT2D eigenvalue weighted by Crippen LogP contribution is 2.13. The van der Waals surface area contributed by atoms with E-state index < -0.39 is 5.91 Å². The van der Waals surface area contributed by atoms with Gasteiger partial charge in [-0.25, -0.2) is 4.68 Å². The first kappa shape index (κ1) is 20.6. The lowest BCUT2D eigenvalue weighted by Gasteiger charge is -2.11. The number of aromatic nitrogens is 2. The third-order valence-corrected chi connectivity index (χ3v) is 5.18. The lowest BCUT2D eigenvalue weighted by atomic mass is 10.1. The number of thioether (sulfide) groups is 1. The van der Waals surface area contributed by atoms with E-state index in [1.807, 2.05) is 37.3 Å². The summed E-state index contributed by atoms with van der Waals surface area (Å²) in [5.74, 6) is 0.0349. The normalized spacial score (nSPS) is 10.7. The van der Waals surface area contributed by atoms with Crippen molar-refractivity contribution >= 4 is 34.3 Å². The van der Waals surface area contributed by atoms with Crippen molar-refractivity contribution in [1.29, 1.82) is 0 Å². The summed E-state index contributed by atoms with van der Waals surface area (Å²) >= 11 is 1.45. The topological polar surface area (TPSA) is 93.1 Å². The largest absolute Gasteiger partial charge is 0.290 e. The molecule has 0 atom stereocenters. The molecule has 0 bridgehead atoms. The van der Waals surface area contributed by atoms with E-state index in [2.05, 4.69) is 16.0 Å². The van der Waals surface area contributed by atoms with Crippen LogP contribution in [0.4, 0.5) is 0 Å². The Kier molecular flexibility index (Phi) is 7.02. The molecule has 0 saturated heterocycles. The molecule has 2 aromatic carbocycles. The van der Waals surface area contributed by atoms with Crippen molar-refractivity contribution in [3.05, 3.63) is 76.2 Å². The van der Waals surface area contributed by atoms with Crippen LogP contribution in [0.5, 0.6) is 0 Å². The van der Waals surface area contributed by atoms with E-state index in [9.17, 15) is 14.4 Å². The predicted octanol–water partition coefficient (Wildman–Crippen LogP) is 2.50. The van der Waals surface area contributed by atoms with Crippen LogP contribution in [0.1, 0.15) is 29.4 Å². The van der Waals surface area contributed by atoms with Gasteiger partial charge in [-0.15, -0.1) is 11.8 Å². The van der Waals surface area contributed by atoms with Crippen LogP contribution in [-0.4, -0.2) is 27.3 Å². The monoisotopic (exact) mass is 410 g/mol. The van der Waals surface area contributed by atoms with Crippen molar-refractivity contribution in [2.24, 2.45) is 0 Å². The van der Waals surface area contributed by atoms with E-state index in [1.54, 1.807) is 24.3 Å². The third kappa shape index (κ3) is 5.23. The smallest absolute Gasteiger partial charge is 0.272 e. The molecule has 1 heterocycles. The van der Waals surface area contributed by atoms with Crippen LogP contribution in [0, 0.1) is 0 Å². The number of hydrogen-bond acceptors (Lipinski definition) is 5. The molecule has 3 rings (SSSR count). The van der Waals surface area contributed by atoms with E-state index in [0.29, 0.717) is 29.5 Å². The summed E-state index contributed by atoms with van der Waals surface area (Å²) in [7, 11) is 0. The molecule has 0 unspecified atom stereocenters. The quantitative estimate of drug-likeness (QED) is 0.584. The van der Waals surface area contributed by atoms with Crippen molar-refractivity contribution < 1.29 is 9.59 Å². The van der Waals surface area contributed by atoms with Crippen LogP contribution in [0.25, 0.3) is 10.8 Å². The average Bonchev–Trinajstić information content (AvgIpc) is 2.75. The van der Waals surface area contributed by atoms with Gasteiger partial charge in [-0.2, -0.15) is 5.10 Å². The van der Waals surface area contributed by atoms with E-state index >= 15 is 0 Å². The maximum absolute atomic E-state index is 12.6. The Bertz CT molecular complexity index is 1070. The molecule has 2 amide bonds. The van der Waals surface area contributed by atoms with E-state index in [0.717, 1.165) is 5.56 Å². The van der Waals surface area contributed by atoms with Gasteiger partial charge in [0.05, 0.1) is 11.1 Å². The molecule has 0 aliphatic rings. The number of carbonyl (C=O) groups excluding carboxylic acids is 2. The fourth-order valence-corrected chi connectivity index (χ4v) is 3.61. The molecule has 150 valence electrons. The summed E-state index contributed by atoms with van der Waals surface area (Å²) in [6.07, 6.45) is 0.710. The zero-order valence-electron chi connectivity index (χ0n) is 16.1. The van der Waals surface area contributed by atoms with E-state index in [-0.39, 0.29) is 22.9 Å². The standard InChI is InChI=1S/C21H22N4O3S/c1-2-12-25-21(28)17-11-7-6-10-16(17)19(24-25)20(27)23-22-18(26)14-29-13-15-8-4-3-5-9-15/h3-11H,2,12-14H2,1H3,(H,22,26)(H,23,27). The minimum absolute atomic E-state index is 0.103. The Balaban J connectivity index is 1.64. The molecule has 0 spiro atoms. The van der Waals surface area contributed by atoms with Gasteiger partial charge in [0.2, 0.25) is 5.91 Å². The number of amides is 2. The maximum atomic E-state index is 12.6. The number of carbonyl (C=O) groups is 2. The Morgan fingerprint density at radius 3 is 2.41 bits per heavy atom. The van der Waals surface area contributed by atoms with Gasteiger partial charge >= 0.3 is 0 Å². The minimum Gasteiger partial charge on any atom is -0.272 e. The second kappa shape index (κ2) is 9.88. The van der Waals surface area contributed by atoms with Crippen molar-refractivity contribution in [3.8, 4) is 0 Å². The Hall–Kier alpha value is -3.13. The molecule has 3 aromatic rings. The van der Waals surface area contributed by atoms with E-state index in [4.69, 9.17) is 0 Å². The van der Waals surface area contributed by atoms with Gasteiger partial charge in [0.1, 0.15) is 0 Å². The number of nitrogens with one attached hydrogen (secondary N) is 2. The number of hydrogen-bond donors (Lipinski definition) is 2. The molecular weight excluding hydrogens is 388 g/mol. The highest BCUT2D eigenvalue weighted by Gasteiger charge is 2.17. The van der Waals surface area contributed by atoms with Gasteiger partial charge in [-0.1, -0.05) is 55.5 Å². The predicted molar refractivity (Wildman–Crippen MR) is 115 cm³/mol. The highest BCUT2D eigenvalue weighted by molar-refractivity contribution is 7.99. The van der Waals surface area contributed by atoms with Gasteiger partial charge in [0.25, 0.3) is 11.5 Å². The van der Waals surface area contributed by atoms with Crippen LogP contribution < -0.4 is 16.4 Å². The average molecular weight is 410 g/mol. The summed E-state index contributed by atoms with van der Waals surface area (Å²) in [5.41, 5.74) is 5.80. The summed E-state index contributed by atoms with van der Waals surface area (Å²) in [4.78, 5) is 37.1. The number of benzene rings is 2. The van der Waals surface area contributed by atoms with Gasteiger partial charge in [0.15, 0.2) is 5.69 Å². The minimum atomic E-state index is -0.563. The van der Waals surface area contributed by atoms with Gasteiger partial charge in [-0.3, -0.25) is 25.2 Å². The summed E-state index contributed by atoms with van der Waals surface area (Å²) in [6, 6.07) is 16.7. The molecule has 0 saturated carbocycles. The summed E-state index contributed by atoms with van der Waals surface area (Å²) in [6.45, 7) is 2.34. The first-order valence-corrected chi connectivity index (χ1v) is 10.5. The van der Waals surface area contributed by atoms with E-state index in [1.165, 1.54) is 16.4 Å². The third-order valence-electron chi connectivity index (χ3n) is 4.18. The van der Waals surface area contributed by atoms with Crippen LogP contribution >= 0.6 is 11.8 Å². The Morgan fingerprint density at radius 1 is 1.00 bits per heavy atom. The number of nitrogens with zero attached hydrogens (tertiary/aromatic N) is 2. The second-order valence-electron chi connectivity index (χ2n) is 6.40. The van der Waals surface area contributed by atoms with Crippen molar-refractivity contribution in [3.63, 3.8) is 0 Å². The molecule has 29 heavy (non-hydrogen) atoms. The maximum Gasteiger partial charge on any atom is 0.290 e. The first-order chi connectivity index (χ1) is 14.1. The van der Waals surface area contributed by atoms with Gasteiger partial charge < -0.3 is 0 Å². The van der Waals surface area contributed by atoms with Crippen molar-refractivity contribution in [2.75, 3.05) is 5.75 Å². The number of rotatable bonds is 7. The second-order valence-corrected chi connectivity index (χ2v) is 7.39. The molecule has 8 heteroatoms. The van der Waals surface area contributed by atoms with Crippen molar-refractivity contribution in [2.45, 2.75) is 25.6 Å². The van der Waals surface area contributed by atoms with Crippen LogP contribution in [-0.2, 0) is 17.1 Å². The number of aryl methyl sites for hydroxylation is 1. The summed E-state index contributed by atoms with van der Waals surface area (Å²) in [5, 5.41) is 5.08. The van der Waals surface area contributed by atoms with Crippen molar-refractivity contribution in [1.82, 2.24) is 20.6 Å². The Morgan fingerprint density at radius 2 is 1.69 bits per heavy atom. The molecule has 0 fully saturated rings. The lowest BCUT2D eigenvalue weighted by molar-refractivity contribution is -0.119. The fraction of sp³-hybridized carbons (Fsp3) is 0.238. The number of fused-ring (bicyclic) bond motifs is 1. The molecule has 0 aliphatic carbocycles. The van der Waals surface area contributed by atoms with Crippen LogP contribution in [0.3, 0.4) is 0 Å². The Labute approximate surface area is 172 Å². The van der Waals surface area contributed by atoms with Crippen LogP contribution in [0.15, 0.2) is 59.4 Å². The zero-order valence-corrected chi connectivity index (χ0v) is 16.9. The molecule has 2 N–H and O–H groups in total. The zero-order chi connectivity index (χ0) is 20.6. The highest BCUT2D eigenvalue weighted by atomic mass is 32.2. The SMILES string of the molecule is CCCn1nc(C(=O)NNC(=O)CSCc2ccccc2)c2ccccc2c1=O. The summed E-state index contributed by atoms with van der Waals surface area (Å²) < 4.78 is 1.29. The number of hydrazine groups is 1. The van der Waals surface area contributed by atoms with Crippen LogP contribution in [0.2, 0.25) is 0 Å². The molecule has 1 aromatic heterocycles. The first-order valence-electron chi connectivity index (χ1n) is 9.31. The lowest BCUT2D eigenvalue weighted by Crippen LogP contribution is -2.43.